The molecular weight excluding hydrogens is 439 g/mol. The van der Waals surface area contributed by atoms with E-state index in [2.05, 4.69) is 13.8 Å². The molecule has 0 bridgehead atoms. The van der Waals surface area contributed by atoms with Crippen molar-refractivity contribution in [1.29, 1.82) is 0 Å². The second kappa shape index (κ2) is 14.9. The van der Waals surface area contributed by atoms with Gasteiger partial charge in [-0.05, 0) is 79.5 Å². The lowest BCUT2D eigenvalue weighted by Crippen LogP contribution is -2.20. The summed E-state index contributed by atoms with van der Waals surface area (Å²) in [5.41, 5.74) is 1.30. The molecule has 0 radical (unpaired) electrons. The van der Waals surface area contributed by atoms with Crippen LogP contribution in [0.1, 0.15) is 107 Å². The zero-order chi connectivity index (χ0) is 24.9. The van der Waals surface area contributed by atoms with Crippen molar-refractivity contribution in [3.63, 3.8) is 0 Å². The maximum absolute atomic E-state index is 14.3. The minimum atomic E-state index is -0.567. The van der Waals surface area contributed by atoms with Crippen LogP contribution in [0.25, 0.3) is 0 Å². The van der Waals surface area contributed by atoms with Gasteiger partial charge < -0.3 is 9.47 Å². The van der Waals surface area contributed by atoms with Gasteiger partial charge >= 0.3 is 5.97 Å². The number of carbonyl (C=O) groups excluding carboxylic acids is 1. The highest BCUT2D eigenvalue weighted by atomic mass is 19.1. The van der Waals surface area contributed by atoms with Crippen LogP contribution >= 0.6 is 0 Å². The van der Waals surface area contributed by atoms with Crippen LogP contribution in [0.2, 0.25) is 0 Å². The Morgan fingerprint density at radius 1 is 0.886 bits per heavy atom. The minimum Gasteiger partial charge on any atom is -0.494 e. The van der Waals surface area contributed by atoms with E-state index in [1.165, 1.54) is 69.9 Å². The van der Waals surface area contributed by atoms with E-state index in [0.29, 0.717) is 12.2 Å². The van der Waals surface area contributed by atoms with Gasteiger partial charge in [0.2, 0.25) is 0 Å². The van der Waals surface area contributed by atoms with Crippen LogP contribution in [0.4, 0.5) is 4.39 Å². The molecule has 192 valence electrons. The number of unbranched alkanes of at least 4 members (excludes halogenated alkanes) is 3. The number of aryl methyl sites for hydroxylation is 1. The summed E-state index contributed by atoms with van der Waals surface area (Å²) >= 11 is 0. The lowest BCUT2D eigenvalue weighted by atomic mass is 9.74. The number of benzene rings is 2. The molecule has 1 fully saturated rings. The van der Waals surface area contributed by atoms with E-state index in [1.807, 2.05) is 6.07 Å². The van der Waals surface area contributed by atoms with E-state index in [9.17, 15) is 9.18 Å². The third kappa shape index (κ3) is 8.98. The van der Waals surface area contributed by atoms with Crippen molar-refractivity contribution < 1.29 is 18.7 Å². The van der Waals surface area contributed by atoms with Crippen LogP contribution in [0.3, 0.4) is 0 Å². The number of rotatable bonds is 14. The van der Waals surface area contributed by atoms with Crippen molar-refractivity contribution in [1.82, 2.24) is 0 Å². The van der Waals surface area contributed by atoms with Crippen molar-refractivity contribution in [3.05, 3.63) is 59.4 Å². The molecule has 0 spiro atoms. The highest BCUT2D eigenvalue weighted by Gasteiger charge is 2.24. The SMILES string of the molecule is CCCCCC1CCCCC1CCCOc1ccc(C(=O)Oc2ccc(CCCC)cc2F)cc1. The Kier molecular flexibility index (Phi) is 11.6. The standard InChI is InChI=1S/C31H43FO3/c1-3-5-7-12-25-13-8-9-14-26(25)15-10-22-34-28-19-17-27(18-20-28)31(33)35-30-21-16-24(11-6-4-2)23-29(30)32/h16-21,23,25-26H,3-15,22H2,1-2H3. The second-order valence-corrected chi connectivity index (χ2v) is 10.1. The van der Waals surface area contributed by atoms with Crippen molar-refractivity contribution in [2.75, 3.05) is 6.61 Å². The van der Waals surface area contributed by atoms with Gasteiger partial charge in [-0.15, -0.1) is 0 Å². The third-order valence-corrected chi connectivity index (χ3v) is 7.34. The summed E-state index contributed by atoms with van der Waals surface area (Å²) in [6.45, 7) is 5.07. The van der Waals surface area contributed by atoms with E-state index < -0.39 is 11.8 Å². The Labute approximate surface area is 211 Å². The van der Waals surface area contributed by atoms with Gasteiger partial charge in [0.15, 0.2) is 11.6 Å². The molecule has 0 aliphatic heterocycles. The molecule has 35 heavy (non-hydrogen) atoms. The Balaban J connectivity index is 1.42. The van der Waals surface area contributed by atoms with Crippen LogP contribution in [-0.4, -0.2) is 12.6 Å². The van der Waals surface area contributed by atoms with Crippen molar-refractivity contribution in [3.8, 4) is 11.5 Å². The molecule has 1 saturated carbocycles. The van der Waals surface area contributed by atoms with Crippen LogP contribution in [0.5, 0.6) is 11.5 Å². The number of esters is 1. The van der Waals surface area contributed by atoms with Crippen LogP contribution < -0.4 is 9.47 Å². The first kappa shape index (κ1) is 27.2. The van der Waals surface area contributed by atoms with E-state index >= 15 is 0 Å². The minimum absolute atomic E-state index is 0.0358. The predicted octanol–water partition coefficient (Wildman–Crippen LogP) is 8.93. The summed E-state index contributed by atoms with van der Waals surface area (Å²) in [5.74, 6) is 1.39. The molecule has 4 heteroatoms. The van der Waals surface area contributed by atoms with Crippen LogP contribution in [-0.2, 0) is 6.42 Å². The Hall–Kier alpha value is -2.36. The Bertz CT molecular complexity index is 893. The molecule has 0 aromatic heterocycles. The summed E-state index contributed by atoms with van der Waals surface area (Å²) in [6, 6.07) is 11.7. The molecule has 0 saturated heterocycles. The fourth-order valence-electron chi connectivity index (χ4n) is 5.25. The average Bonchev–Trinajstić information content (AvgIpc) is 2.88. The zero-order valence-electron chi connectivity index (χ0n) is 21.7. The first-order chi connectivity index (χ1) is 17.1. The van der Waals surface area contributed by atoms with Gasteiger partial charge in [-0.1, -0.05) is 77.7 Å². The largest absolute Gasteiger partial charge is 0.494 e. The third-order valence-electron chi connectivity index (χ3n) is 7.34. The average molecular weight is 483 g/mol. The van der Waals surface area contributed by atoms with Crippen LogP contribution in [0, 0.1) is 17.7 Å². The normalized spacial score (nSPS) is 17.8. The van der Waals surface area contributed by atoms with Gasteiger partial charge in [0.05, 0.1) is 12.2 Å². The van der Waals surface area contributed by atoms with E-state index in [4.69, 9.17) is 9.47 Å². The quantitative estimate of drug-likeness (QED) is 0.153. The molecule has 2 aromatic carbocycles. The van der Waals surface area contributed by atoms with Gasteiger partial charge in [-0.25, -0.2) is 9.18 Å². The Morgan fingerprint density at radius 2 is 1.57 bits per heavy atom. The van der Waals surface area contributed by atoms with Gasteiger partial charge in [0, 0.05) is 0 Å². The Morgan fingerprint density at radius 3 is 2.23 bits per heavy atom. The molecule has 2 atom stereocenters. The summed E-state index contributed by atoms with van der Waals surface area (Å²) in [6.07, 6.45) is 16.2. The molecule has 1 aliphatic carbocycles. The smallest absolute Gasteiger partial charge is 0.343 e. The molecular formula is C31H43FO3. The lowest BCUT2D eigenvalue weighted by molar-refractivity contribution is 0.0727. The maximum atomic E-state index is 14.3. The second-order valence-electron chi connectivity index (χ2n) is 10.1. The van der Waals surface area contributed by atoms with Crippen molar-refractivity contribution >= 4 is 5.97 Å². The molecule has 1 aliphatic rings. The van der Waals surface area contributed by atoms with E-state index in [-0.39, 0.29) is 5.75 Å². The van der Waals surface area contributed by atoms with Gasteiger partial charge in [0.25, 0.3) is 0 Å². The zero-order valence-corrected chi connectivity index (χ0v) is 21.7. The van der Waals surface area contributed by atoms with Gasteiger partial charge in [0.1, 0.15) is 5.75 Å². The number of ether oxygens (including phenoxy) is 2. The molecule has 3 rings (SSSR count). The number of hydrogen-bond donors (Lipinski definition) is 0. The molecule has 2 unspecified atom stereocenters. The number of hydrogen-bond acceptors (Lipinski definition) is 3. The van der Waals surface area contributed by atoms with Crippen molar-refractivity contribution in [2.45, 2.75) is 97.3 Å². The summed E-state index contributed by atoms with van der Waals surface area (Å²) in [4.78, 5) is 12.5. The molecule has 3 nitrogen and oxygen atoms in total. The topological polar surface area (TPSA) is 35.5 Å². The van der Waals surface area contributed by atoms with E-state index in [0.717, 1.165) is 48.8 Å². The summed E-state index contributed by atoms with van der Waals surface area (Å²) in [5, 5.41) is 0. The lowest BCUT2D eigenvalue weighted by Gasteiger charge is -2.31. The molecule has 0 heterocycles. The molecule has 0 amide bonds. The molecule has 2 aromatic rings. The number of halogens is 1. The fraction of sp³-hybridized carbons (Fsp3) is 0.581. The summed E-state index contributed by atoms with van der Waals surface area (Å²) < 4.78 is 25.6. The maximum Gasteiger partial charge on any atom is 0.343 e. The predicted molar refractivity (Wildman–Crippen MR) is 141 cm³/mol. The highest BCUT2D eigenvalue weighted by molar-refractivity contribution is 5.91. The van der Waals surface area contributed by atoms with Gasteiger partial charge in [-0.2, -0.15) is 0 Å². The van der Waals surface area contributed by atoms with E-state index in [1.54, 1.807) is 24.3 Å². The summed E-state index contributed by atoms with van der Waals surface area (Å²) in [7, 11) is 0. The van der Waals surface area contributed by atoms with Crippen molar-refractivity contribution in [2.24, 2.45) is 11.8 Å². The number of carbonyl (C=O) groups is 1. The molecule has 0 N–H and O–H groups in total. The van der Waals surface area contributed by atoms with Gasteiger partial charge in [-0.3, -0.25) is 0 Å². The first-order valence-electron chi connectivity index (χ1n) is 13.8. The highest BCUT2D eigenvalue weighted by Crippen LogP contribution is 2.36. The van der Waals surface area contributed by atoms with Crippen LogP contribution in [0.15, 0.2) is 42.5 Å². The fourth-order valence-corrected chi connectivity index (χ4v) is 5.25. The first-order valence-corrected chi connectivity index (χ1v) is 13.8. The monoisotopic (exact) mass is 482 g/mol.